The number of aromatic nitrogens is 1. The molecule has 7 nitrogen and oxygen atoms in total. The van der Waals surface area contributed by atoms with Crippen LogP contribution in [0.1, 0.15) is 42.7 Å². The van der Waals surface area contributed by atoms with Crippen LogP contribution in [0.3, 0.4) is 0 Å². The van der Waals surface area contributed by atoms with E-state index in [-0.39, 0.29) is 24.8 Å². The van der Waals surface area contributed by atoms with Gasteiger partial charge in [0.15, 0.2) is 0 Å². The van der Waals surface area contributed by atoms with Crippen LogP contribution in [-0.2, 0) is 20.9 Å². The number of rotatable bonds is 10. The van der Waals surface area contributed by atoms with Crippen molar-refractivity contribution in [1.29, 1.82) is 5.26 Å². The van der Waals surface area contributed by atoms with Gasteiger partial charge in [-0.2, -0.15) is 5.26 Å². The zero-order chi connectivity index (χ0) is 23.0. The number of nitrogens with one attached hydrogen (secondary N) is 1. The molecule has 7 heteroatoms. The lowest BCUT2D eigenvalue weighted by Gasteiger charge is -2.23. The molecule has 0 saturated heterocycles. The number of carbonyl (C=O) groups excluding carboxylic acids is 2. The van der Waals surface area contributed by atoms with E-state index in [4.69, 9.17) is 4.74 Å². The number of nitriles is 1. The number of hydrogen-bond donors (Lipinski definition) is 1. The van der Waals surface area contributed by atoms with E-state index in [0.717, 1.165) is 16.8 Å². The third kappa shape index (κ3) is 6.69. The second-order valence-corrected chi connectivity index (χ2v) is 8.12. The van der Waals surface area contributed by atoms with E-state index in [1.165, 1.54) is 7.11 Å². The molecular formula is C24H32N4O3. The first-order valence-electron chi connectivity index (χ1n) is 10.5. The lowest BCUT2D eigenvalue weighted by Crippen LogP contribution is -2.37. The van der Waals surface area contributed by atoms with E-state index in [1.807, 2.05) is 53.6 Å². The molecule has 0 aliphatic rings. The fraction of sp³-hybridized carbons (Fsp3) is 0.458. The van der Waals surface area contributed by atoms with Gasteiger partial charge >= 0.3 is 5.97 Å². The number of carbonyl (C=O) groups is 2. The first-order chi connectivity index (χ1) is 14.8. The lowest BCUT2D eigenvalue weighted by molar-refractivity contribution is -0.141. The maximum Gasteiger partial charge on any atom is 0.306 e. The summed E-state index contributed by atoms with van der Waals surface area (Å²) in [6.07, 6.45) is 0.225. The maximum atomic E-state index is 12.9. The molecule has 0 unspecified atom stereocenters. The minimum absolute atomic E-state index is 0.134. The fourth-order valence-corrected chi connectivity index (χ4v) is 3.57. The van der Waals surface area contributed by atoms with Crippen LogP contribution in [0.4, 0.5) is 5.82 Å². The van der Waals surface area contributed by atoms with Crippen LogP contribution in [0.5, 0.6) is 0 Å². The summed E-state index contributed by atoms with van der Waals surface area (Å²) in [5.74, 6) is 0.341. The number of ether oxygens (including phenoxy) is 1. The van der Waals surface area contributed by atoms with E-state index >= 15 is 0 Å². The van der Waals surface area contributed by atoms with Crippen molar-refractivity contribution in [1.82, 2.24) is 9.47 Å². The Balaban J connectivity index is 2.22. The quantitative estimate of drug-likeness (QED) is 0.590. The number of methoxy groups -OCH3 is 1. The van der Waals surface area contributed by atoms with Gasteiger partial charge in [0.25, 0.3) is 0 Å². The molecule has 0 radical (unpaired) electrons. The second kappa shape index (κ2) is 11.3. The van der Waals surface area contributed by atoms with Crippen molar-refractivity contribution in [2.24, 2.45) is 5.92 Å². The largest absolute Gasteiger partial charge is 0.469 e. The third-order valence-corrected chi connectivity index (χ3v) is 5.23. The van der Waals surface area contributed by atoms with Gasteiger partial charge in [-0.3, -0.25) is 14.5 Å². The number of esters is 1. The summed E-state index contributed by atoms with van der Waals surface area (Å²) in [5.41, 5.74) is 3.37. The number of nitrogens with zero attached hydrogens (tertiary/aromatic N) is 3. The first-order valence-corrected chi connectivity index (χ1v) is 10.5. The van der Waals surface area contributed by atoms with Crippen molar-refractivity contribution in [2.75, 3.05) is 32.1 Å². The summed E-state index contributed by atoms with van der Waals surface area (Å²) in [6.45, 7) is 9.79. The van der Waals surface area contributed by atoms with Gasteiger partial charge in [0.1, 0.15) is 11.9 Å². The Morgan fingerprint density at radius 2 is 1.90 bits per heavy atom. The van der Waals surface area contributed by atoms with Gasteiger partial charge in [-0.1, -0.05) is 44.2 Å². The molecule has 0 saturated carbocycles. The average molecular weight is 425 g/mol. The summed E-state index contributed by atoms with van der Waals surface area (Å²) in [6, 6.07) is 12.2. The Morgan fingerprint density at radius 3 is 2.48 bits per heavy atom. The molecule has 1 amide bonds. The smallest absolute Gasteiger partial charge is 0.306 e. The van der Waals surface area contributed by atoms with Crippen molar-refractivity contribution in [2.45, 2.75) is 40.7 Å². The summed E-state index contributed by atoms with van der Waals surface area (Å²) < 4.78 is 6.69. The zero-order valence-corrected chi connectivity index (χ0v) is 19.1. The molecule has 1 aromatic heterocycles. The van der Waals surface area contributed by atoms with Gasteiger partial charge in [-0.15, -0.1) is 0 Å². The van der Waals surface area contributed by atoms with Crippen molar-refractivity contribution in [3.8, 4) is 6.07 Å². The van der Waals surface area contributed by atoms with Gasteiger partial charge in [0, 0.05) is 25.3 Å². The van der Waals surface area contributed by atoms with E-state index in [1.54, 1.807) is 0 Å². The zero-order valence-electron chi connectivity index (χ0n) is 19.1. The summed E-state index contributed by atoms with van der Waals surface area (Å²) in [4.78, 5) is 26.4. The molecule has 166 valence electrons. The Hall–Kier alpha value is -3.11. The molecule has 0 spiro atoms. The maximum absolute atomic E-state index is 12.9. The molecule has 1 aromatic carbocycles. The fourth-order valence-electron chi connectivity index (χ4n) is 3.57. The molecule has 0 bridgehead atoms. The lowest BCUT2D eigenvalue weighted by atomic mass is 10.2. The molecule has 2 rings (SSSR count). The van der Waals surface area contributed by atoms with Gasteiger partial charge in [-0.05, 0) is 30.9 Å². The molecular weight excluding hydrogens is 392 g/mol. The van der Waals surface area contributed by atoms with Crippen LogP contribution in [0.2, 0.25) is 0 Å². The minimum Gasteiger partial charge on any atom is -0.469 e. The molecule has 2 aromatic rings. The van der Waals surface area contributed by atoms with Gasteiger partial charge in [0.2, 0.25) is 5.91 Å². The summed E-state index contributed by atoms with van der Waals surface area (Å²) >= 11 is 0. The molecule has 0 aliphatic carbocycles. The Labute approximate surface area is 184 Å². The highest BCUT2D eigenvalue weighted by molar-refractivity contribution is 5.93. The van der Waals surface area contributed by atoms with Gasteiger partial charge < -0.3 is 14.6 Å². The van der Waals surface area contributed by atoms with Crippen molar-refractivity contribution < 1.29 is 14.3 Å². The van der Waals surface area contributed by atoms with Crippen LogP contribution < -0.4 is 5.32 Å². The Kier molecular flexibility index (Phi) is 8.83. The van der Waals surface area contributed by atoms with Crippen LogP contribution in [0, 0.1) is 31.1 Å². The van der Waals surface area contributed by atoms with Gasteiger partial charge in [0.05, 0.1) is 25.6 Å². The molecule has 0 fully saturated rings. The van der Waals surface area contributed by atoms with E-state index in [2.05, 4.69) is 25.2 Å². The van der Waals surface area contributed by atoms with Crippen LogP contribution in [0.25, 0.3) is 0 Å². The number of anilines is 1. The topological polar surface area (TPSA) is 87.4 Å². The van der Waals surface area contributed by atoms with Crippen LogP contribution in [0.15, 0.2) is 30.3 Å². The molecule has 31 heavy (non-hydrogen) atoms. The van der Waals surface area contributed by atoms with E-state index < -0.39 is 0 Å². The van der Waals surface area contributed by atoms with Crippen molar-refractivity contribution in [3.05, 3.63) is 52.7 Å². The van der Waals surface area contributed by atoms with Crippen molar-refractivity contribution >= 4 is 17.7 Å². The van der Waals surface area contributed by atoms with Crippen molar-refractivity contribution in [3.63, 3.8) is 0 Å². The third-order valence-electron chi connectivity index (χ3n) is 5.23. The monoisotopic (exact) mass is 424 g/mol. The average Bonchev–Trinajstić information content (AvgIpc) is 2.95. The Morgan fingerprint density at radius 1 is 1.23 bits per heavy atom. The predicted molar refractivity (Wildman–Crippen MR) is 121 cm³/mol. The number of hydrogen-bond acceptors (Lipinski definition) is 5. The highest BCUT2D eigenvalue weighted by atomic mass is 16.5. The molecule has 0 aliphatic heterocycles. The molecule has 1 N–H and O–H groups in total. The molecule has 1 heterocycles. The van der Waals surface area contributed by atoms with Gasteiger partial charge in [-0.25, -0.2) is 0 Å². The highest BCUT2D eigenvalue weighted by Gasteiger charge is 2.21. The second-order valence-electron chi connectivity index (χ2n) is 8.12. The standard InChI is InChI=1S/C24H32N4O3/c1-17(2)14-27(12-11-23(30)31-5)16-22(29)26-24-21(13-25)18(3)19(4)28(24)15-20-9-7-6-8-10-20/h6-10,17H,11-12,14-16H2,1-5H3,(H,26,29). The van der Waals surface area contributed by atoms with Crippen LogP contribution >= 0.6 is 0 Å². The SMILES string of the molecule is COC(=O)CCN(CC(=O)Nc1c(C#N)c(C)c(C)n1Cc1ccccc1)CC(C)C. The van der Waals surface area contributed by atoms with E-state index in [0.29, 0.717) is 36.9 Å². The first kappa shape index (κ1) is 24.2. The summed E-state index contributed by atoms with van der Waals surface area (Å²) in [5, 5.41) is 12.7. The Bertz CT molecular complexity index is 942. The number of amides is 1. The van der Waals surface area contributed by atoms with Crippen LogP contribution in [-0.4, -0.2) is 48.1 Å². The minimum atomic E-state index is -0.302. The predicted octanol–water partition coefficient (Wildman–Crippen LogP) is 3.48. The number of benzene rings is 1. The highest BCUT2D eigenvalue weighted by Crippen LogP contribution is 2.27. The normalized spacial score (nSPS) is 10.9. The summed E-state index contributed by atoms with van der Waals surface area (Å²) in [7, 11) is 1.36. The molecule has 0 atom stereocenters. The van der Waals surface area contributed by atoms with E-state index in [9.17, 15) is 14.9 Å².